The van der Waals surface area contributed by atoms with Gasteiger partial charge >= 0.3 is 0 Å². The third kappa shape index (κ3) is 4.45. The number of carbonyl (C=O) groups is 1. The van der Waals surface area contributed by atoms with Crippen LogP contribution in [0, 0.1) is 0 Å². The molecule has 2 heterocycles. The normalized spacial score (nSPS) is 18.0. The Balaban J connectivity index is 1.92. The third-order valence-corrected chi connectivity index (χ3v) is 5.04. The summed E-state index contributed by atoms with van der Waals surface area (Å²) in [6.45, 7) is 2.10. The quantitative estimate of drug-likeness (QED) is 0.774. The standard InChI is InChI=1S/C19H28N2O5/c1-24-11-12-26-16-13-17(22)21-8-10-25-9-7-15(21)18(16)19(23)20-14-5-3-2-4-6-14/h13-14H,2-12H2,1H3,(H,20,23). The van der Waals surface area contributed by atoms with Crippen LogP contribution in [0.4, 0.5) is 0 Å². The Labute approximate surface area is 153 Å². The molecule has 1 fully saturated rings. The summed E-state index contributed by atoms with van der Waals surface area (Å²) >= 11 is 0. The first-order chi connectivity index (χ1) is 12.7. The van der Waals surface area contributed by atoms with Crippen LogP contribution in [0.2, 0.25) is 0 Å². The predicted octanol–water partition coefficient (Wildman–Crippen LogP) is 1.51. The van der Waals surface area contributed by atoms with Gasteiger partial charge in [0, 0.05) is 37.9 Å². The highest BCUT2D eigenvalue weighted by atomic mass is 16.5. The predicted molar refractivity (Wildman–Crippen MR) is 96.9 cm³/mol. The third-order valence-electron chi connectivity index (χ3n) is 5.04. The van der Waals surface area contributed by atoms with Crippen LogP contribution in [-0.2, 0) is 22.4 Å². The Morgan fingerprint density at radius 1 is 1.27 bits per heavy atom. The average Bonchev–Trinajstić information content (AvgIpc) is 2.89. The molecule has 1 aliphatic heterocycles. The van der Waals surface area contributed by atoms with E-state index in [9.17, 15) is 9.59 Å². The number of nitrogens with zero attached hydrogens (tertiary/aromatic N) is 1. The van der Waals surface area contributed by atoms with Crippen molar-refractivity contribution in [2.24, 2.45) is 0 Å². The fourth-order valence-corrected chi connectivity index (χ4v) is 3.70. The van der Waals surface area contributed by atoms with Crippen molar-refractivity contribution in [1.29, 1.82) is 0 Å². The Kier molecular flexibility index (Phi) is 6.68. The molecule has 0 unspecified atom stereocenters. The molecule has 144 valence electrons. The van der Waals surface area contributed by atoms with E-state index in [2.05, 4.69) is 5.32 Å². The van der Waals surface area contributed by atoms with Gasteiger partial charge < -0.3 is 24.1 Å². The van der Waals surface area contributed by atoms with Gasteiger partial charge in [0.2, 0.25) is 0 Å². The van der Waals surface area contributed by atoms with Crippen LogP contribution in [0.3, 0.4) is 0 Å². The van der Waals surface area contributed by atoms with Crippen LogP contribution >= 0.6 is 0 Å². The summed E-state index contributed by atoms with van der Waals surface area (Å²) in [5.41, 5.74) is 1.01. The minimum atomic E-state index is -0.160. The molecule has 7 heteroatoms. The van der Waals surface area contributed by atoms with E-state index in [0.717, 1.165) is 25.7 Å². The maximum Gasteiger partial charge on any atom is 0.257 e. The number of nitrogens with one attached hydrogen (secondary N) is 1. The number of fused-ring (bicyclic) bond motifs is 1. The molecule has 0 saturated heterocycles. The van der Waals surface area contributed by atoms with E-state index < -0.39 is 0 Å². The second-order valence-corrected chi connectivity index (χ2v) is 6.83. The molecule has 0 aromatic carbocycles. The van der Waals surface area contributed by atoms with Crippen molar-refractivity contribution in [1.82, 2.24) is 9.88 Å². The number of methoxy groups -OCH3 is 1. The van der Waals surface area contributed by atoms with Crippen molar-refractivity contribution < 1.29 is 19.0 Å². The summed E-state index contributed by atoms with van der Waals surface area (Å²) in [6, 6.07) is 1.61. The molecule has 1 N–H and O–H groups in total. The van der Waals surface area contributed by atoms with Gasteiger partial charge in [-0.05, 0) is 12.8 Å². The van der Waals surface area contributed by atoms with Crippen molar-refractivity contribution in [3.63, 3.8) is 0 Å². The van der Waals surface area contributed by atoms with E-state index in [1.807, 2.05) is 0 Å². The molecule has 1 aromatic heterocycles. The zero-order chi connectivity index (χ0) is 18.4. The molecule has 0 atom stereocenters. The van der Waals surface area contributed by atoms with Gasteiger partial charge in [-0.25, -0.2) is 0 Å². The number of carbonyl (C=O) groups excluding carboxylic acids is 1. The molecule has 2 aliphatic rings. The van der Waals surface area contributed by atoms with Crippen molar-refractivity contribution in [3.8, 4) is 5.75 Å². The van der Waals surface area contributed by atoms with Gasteiger partial charge in [0.15, 0.2) is 0 Å². The SMILES string of the molecule is COCCOc1cc(=O)n2c(c1C(=O)NC1CCCCC1)CCOCC2. The van der Waals surface area contributed by atoms with Gasteiger partial charge in [-0.2, -0.15) is 0 Å². The van der Waals surface area contributed by atoms with Crippen LogP contribution in [0.15, 0.2) is 10.9 Å². The van der Waals surface area contributed by atoms with Gasteiger partial charge in [-0.3, -0.25) is 9.59 Å². The van der Waals surface area contributed by atoms with Gasteiger partial charge in [-0.1, -0.05) is 19.3 Å². The lowest BCUT2D eigenvalue weighted by Crippen LogP contribution is -2.38. The minimum absolute atomic E-state index is 0.157. The highest BCUT2D eigenvalue weighted by Crippen LogP contribution is 2.24. The van der Waals surface area contributed by atoms with Gasteiger partial charge in [-0.15, -0.1) is 0 Å². The van der Waals surface area contributed by atoms with Crippen molar-refractivity contribution in [2.75, 3.05) is 33.5 Å². The van der Waals surface area contributed by atoms with Crippen molar-refractivity contribution in [3.05, 3.63) is 27.7 Å². The van der Waals surface area contributed by atoms with Crippen LogP contribution in [-0.4, -0.2) is 50.1 Å². The van der Waals surface area contributed by atoms with Crippen LogP contribution in [0.5, 0.6) is 5.75 Å². The summed E-state index contributed by atoms with van der Waals surface area (Å²) in [5.74, 6) is 0.184. The lowest BCUT2D eigenvalue weighted by atomic mass is 9.95. The monoisotopic (exact) mass is 364 g/mol. The molecule has 1 aliphatic carbocycles. The van der Waals surface area contributed by atoms with E-state index in [0.29, 0.717) is 56.4 Å². The Morgan fingerprint density at radius 2 is 2.08 bits per heavy atom. The summed E-state index contributed by atoms with van der Waals surface area (Å²) in [4.78, 5) is 25.6. The second kappa shape index (κ2) is 9.19. The molecular weight excluding hydrogens is 336 g/mol. The average molecular weight is 364 g/mol. The number of hydrogen-bond donors (Lipinski definition) is 1. The fourth-order valence-electron chi connectivity index (χ4n) is 3.70. The Hall–Kier alpha value is -1.86. The van der Waals surface area contributed by atoms with Crippen molar-refractivity contribution in [2.45, 2.75) is 51.1 Å². The number of pyridine rings is 1. The van der Waals surface area contributed by atoms with Gasteiger partial charge in [0.1, 0.15) is 17.9 Å². The maximum absolute atomic E-state index is 13.1. The maximum atomic E-state index is 13.1. The number of rotatable bonds is 6. The molecule has 3 rings (SSSR count). The van der Waals surface area contributed by atoms with Crippen LogP contribution in [0.1, 0.15) is 48.2 Å². The summed E-state index contributed by atoms with van der Waals surface area (Å²) in [6.07, 6.45) is 6.04. The summed E-state index contributed by atoms with van der Waals surface area (Å²) in [7, 11) is 1.59. The summed E-state index contributed by atoms with van der Waals surface area (Å²) in [5, 5.41) is 3.15. The second-order valence-electron chi connectivity index (χ2n) is 6.83. The van der Waals surface area contributed by atoms with E-state index in [4.69, 9.17) is 14.2 Å². The fraction of sp³-hybridized carbons (Fsp3) is 0.684. The molecule has 7 nitrogen and oxygen atoms in total. The Bertz CT molecular complexity index is 679. The highest BCUT2D eigenvalue weighted by Gasteiger charge is 2.26. The highest BCUT2D eigenvalue weighted by molar-refractivity contribution is 5.98. The topological polar surface area (TPSA) is 78.8 Å². The van der Waals surface area contributed by atoms with Crippen molar-refractivity contribution >= 4 is 5.91 Å². The minimum Gasteiger partial charge on any atom is -0.490 e. The molecule has 26 heavy (non-hydrogen) atoms. The molecule has 0 radical (unpaired) electrons. The zero-order valence-corrected chi connectivity index (χ0v) is 15.4. The van der Waals surface area contributed by atoms with Gasteiger partial charge in [0.05, 0.1) is 19.8 Å². The Morgan fingerprint density at radius 3 is 2.85 bits per heavy atom. The number of hydrogen-bond acceptors (Lipinski definition) is 5. The number of ether oxygens (including phenoxy) is 3. The van der Waals surface area contributed by atoms with E-state index >= 15 is 0 Å². The molecule has 0 bridgehead atoms. The summed E-state index contributed by atoms with van der Waals surface area (Å²) < 4.78 is 17.9. The number of amides is 1. The first-order valence-corrected chi connectivity index (χ1v) is 9.47. The zero-order valence-electron chi connectivity index (χ0n) is 15.4. The molecule has 0 spiro atoms. The first kappa shape index (κ1) is 18.9. The smallest absolute Gasteiger partial charge is 0.257 e. The van der Waals surface area contributed by atoms with Crippen LogP contribution in [0.25, 0.3) is 0 Å². The largest absolute Gasteiger partial charge is 0.490 e. The molecule has 1 saturated carbocycles. The van der Waals surface area contributed by atoms with E-state index in [-0.39, 0.29) is 17.5 Å². The van der Waals surface area contributed by atoms with E-state index in [1.54, 1.807) is 11.7 Å². The van der Waals surface area contributed by atoms with Gasteiger partial charge in [0.25, 0.3) is 11.5 Å². The van der Waals surface area contributed by atoms with E-state index in [1.165, 1.54) is 12.5 Å². The van der Waals surface area contributed by atoms with Crippen LogP contribution < -0.4 is 15.6 Å². The number of aromatic nitrogens is 1. The molecule has 1 amide bonds. The lowest BCUT2D eigenvalue weighted by Gasteiger charge is -2.24. The molecular formula is C19H28N2O5. The first-order valence-electron chi connectivity index (χ1n) is 9.47. The lowest BCUT2D eigenvalue weighted by molar-refractivity contribution is 0.0917. The molecule has 1 aromatic rings.